The summed E-state index contributed by atoms with van der Waals surface area (Å²) in [6.45, 7) is 2.06. The zero-order valence-electron chi connectivity index (χ0n) is 16.9. The van der Waals surface area contributed by atoms with E-state index in [1.807, 2.05) is 59.3 Å². The summed E-state index contributed by atoms with van der Waals surface area (Å²) < 4.78 is 16.6. The Hall–Kier alpha value is -3.51. The molecule has 154 valence electrons. The molecular formula is C25H21FN4S. The van der Waals surface area contributed by atoms with Gasteiger partial charge in [0.2, 0.25) is 0 Å². The number of thiocarbonyl (C=S) groups is 1. The summed E-state index contributed by atoms with van der Waals surface area (Å²) in [6.07, 6.45) is 3.67. The van der Waals surface area contributed by atoms with Gasteiger partial charge in [-0.05, 0) is 73.2 Å². The monoisotopic (exact) mass is 428 g/mol. The first-order valence-corrected chi connectivity index (χ1v) is 10.5. The first-order valence-electron chi connectivity index (χ1n) is 10.1. The van der Waals surface area contributed by atoms with Crippen LogP contribution in [0.5, 0.6) is 0 Å². The molecule has 1 aliphatic rings. The smallest absolute Gasteiger partial charge is 0.174 e. The number of aromatic nitrogens is 2. The summed E-state index contributed by atoms with van der Waals surface area (Å²) in [5, 5.41) is 4.08. The lowest BCUT2D eigenvalue weighted by molar-refractivity contribution is 0.544. The maximum Gasteiger partial charge on any atom is 0.174 e. The Morgan fingerprint density at radius 2 is 1.81 bits per heavy atom. The van der Waals surface area contributed by atoms with Crippen molar-refractivity contribution in [2.75, 3.05) is 4.90 Å². The maximum atomic E-state index is 14.7. The number of rotatable bonds is 4. The highest BCUT2D eigenvalue weighted by Gasteiger charge is 2.42. The predicted octanol–water partition coefficient (Wildman–Crippen LogP) is 5.50. The van der Waals surface area contributed by atoms with Crippen LogP contribution in [0.1, 0.15) is 29.0 Å². The topological polar surface area (TPSA) is 33.1 Å². The van der Waals surface area contributed by atoms with Crippen molar-refractivity contribution in [2.45, 2.75) is 19.0 Å². The molecule has 0 aliphatic carbocycles. The first-order chi connectivity index (χ1) is 15.1. The van der Waals surface area contributed by atoms with Crippen LogP contribution in [0, 0.1) is 12.7 Å². The van der Waals surface area contributed by atoms with Gasteiger partial charge in [-0.25, -0.2) is 4.39 Å². The largest absolute Gasteiger partial charge is 0.351 e. The van der Waals surface area contributed by atoms with E-state index in [-0.39, 0.29) is 17.9 Å². The minimum atomic E-state index is -0.273. The Bertz CT molecular complexity index is 1240. The minimum absolute atomic E-state index is 0.186. The number of hydrogen-bond acceptors (Lipinski definition) is 2. The van der Waals surface area contributed by atoms with E-state index in [0.29, 0.717) is 10.8 Å². The number of benzene rings is 2. The van der Waals surface area contributed by atoms with E-state index in [0.717, 1.165) is 22.6 Å². The summed E-state index contributed by atoms with van der Waals surface area (Å²) in [7, 11) is 0. The van der Waals surface area contributed by atoms with E-state index < -0.39 is 0 Å². The third-order valence-corrected chi connectivity index (χ3v) is 5.89. The van der Waals surface area contributed by atoms with Crippen molar-refractivity contribution in [3.05, 3.63) is 114 Å². The second-order valence-electron chi connectivity index (χ2n) is 7.59. The third kappa shape index (κ3) is 3.49. The Morgan fingerprint density at radius 3 is 2.58 bits per heavy atom. The fraction of sp³-hybridized carbons (Fsp3) is 0.120. The molecule has 3 heterocycles. The Labute approximate surface area is 186 Å². The van der Waals surface area contributed by atoms with E-state index in [1.54, 1.807) is 18.3 Å². The number of nitrogens with one attached hydrogen (secondary N) is 1. The summed E-state index contributed by atoms with van der Waals surface area (Å²) in [4.78, 5) is 6.69. The SMILES string of the molecule is Cc1cccc(N2C(=S)N[C@H](c3ccccn3)[C@@H]2c2cccn2-c2ccccc2F)c1. The van der Waals surface area contributed by atoms with E-state index in [2.05, 4.69) is 34.3 Å². The highest BCUT2D eigenvalue weighted by Crippen LogP contribution is 2.42. The molecule has 0 amide bonds. The predicted molar refractivity (Wildman–Crippen MR) is 125 cm³/mol. The van der Waals surface area contributed by atoms with Crippen molar-refractivity contribution in [1.82, 2.24) is 14.9 Å². The summed E-state index contributed by atoms with van der Waals surface area (Å²) in [5.74, 6) is -0.273. The molecule has 0 unspecified atom stereocenters. The Kier molecular flexibility index (Phi) is 5.00. The quantitative estimate of drug-likeness (QED) is 0.435. The fourth-order valence-electron chi connectivity index (χ4n) is 4.21. The van der Waals surface area contributed by atoms with Gasteiger partial charge in [-0.3, -0.25) is 4.98 Å². The molecule has 4 nitrogen and oxygen atoms in total. The van der Waals surface area contributed by atoms with Crippen LogP contribution in [0.2, 0.25) is 0 Å². The number of nitrogens with zero attached hydrogens (tertiary/aromatic N) is 3. The average molecular weight is 429 g/mol. The Balaban J connectivity index is 1.69. The second-order valence-corrected chi connectivity index (χ2v) is 7.98. The molecule has 6 heteroatoms. The van der Waals surface area contributed by atoms with Gasteiger partial charge >= 0.3 is 0 Å². The lowest BCUT2D eigenvalue weighted by Gasteiger charge is -2.29. The number of para-hydroxylation sites is 1. The van der Waals surface area contributed by atoms with Crippen LogP contribution >= 0.6 is 12.2 Å². The molecule has 5 rings (SSSR count). The molecule has 31 heavy (non-hydrogen) atoms. The van der Waals surface area contributed by atoms with Crippen molar-refractivity contribution in [3.8, 4) is 5.69 Å². The molecule has 0 radical (unpaired) electrons. The van der Waals surface area contributed by atoms with Crippen molar-refractivity contribution in [3.63, 3.8) is 0 Å². The van der Waals surface area contributed by atoms with Gasteiger partial charge in [0.25, 0.3) is 0 Å². The number of halogens is 1. The molecule has 0 bridgehead atoms. The van der Waals surface area contributed by atoms with Gasteiger partial charge in [-0.2, -0.15) is 0 Å². The van der Waals surface area contributed by atoms with Crippen LogP contribution in [0.25, 0.3) is 5.69 Å². The number of aryl methyl sites for hydroxylation is 1. The van der Waals surface area contributed by atoms with Crippen LogP contribution in [0.3, 0.4) is 0 Å². The molecule has 0 saturated carbocycles. The van der Waals surface area contributed by atoms with E-state index in [9.17, 15) is 4.39 Å². The number of pyridine rings is 1. The van der Waals surface area contributed by atoms with Crippen LogP contribution in [0.4, 0.5) is 10.1 Å². The number of hydrogen-bond donors (Lipinski definition) is 1. The molecule has 1 saturated heterocycles. The standard InChI is InChI=1S/C25H21FN4S/c1-17-8-6-9-18(16-17)30-24(23(28-25(30)31)20-11-4-5-14-27-20)22-13-7-15-29(22)21-12-3-2-10-19(21)26/h2-16,23-24H,1H3,(H,28,31)/t23-,24+/m1/s1. The second kappa shape index (κ2) is 7.96. The number of anilines is 1. The molecule has 2 aromatic heterocycles. The van der Waals surface area contributed by atoms with Gasteiger partial charge in [0.05, 0.1) is 17.4 Å². The van der Waals surface area contributed by atoms with E-state index in [1.165, 1.54) is 6.07 Å². The minimum Gasteiger partial charge on any atom is -0.351 e. The highest BCUT2D eigenvalue weighted by molar-refractivity contribution is 7.80. The van der Waals surface area contributed by atoms with Crippen molar-refractivity contribution >= 4 is 23.0 Å². The molecule has 0 spiro atoms. The Morgan fingerprint density at radius 1 is 0.968 bits per heavy atom. The normalized spacial score (nSPS) is 18.3. The van der Waals surface area contributed by atoms with Gasteiger partial charge in [0.1, 0.15) is 11.9 Å². The fourth-order valence-corrected chi connectivity index (χ4v) is 4.56. The molecule has 1 aliphatic heterocycles. The summed E-state index contributed by atoms with van der Waals surface area (Å²) in [5.41, 5.74) is 4.44. The van der Waals surface area contributed by atoms with Crippen LogP contribution < -0.4 is 10.2 Å². The summed E-state index contributed by atoms with van der Waals surface area (Å²) >= 11 is 5.78. The molecule has 2 aromatic carbocycles. The van der Waals surface area contributed by atoms with Gasteiger partial charge < -0.3 is 14.8 Å². The zero-order chi connectivity index (χ0) is 21.4. The van der Waals surface area contributed by atoms with Crippen LogP contribution in [-0.2, 0) is 0 Å². The molecule has 1 N–H and O–H groups in total. The zero-order valence-corrected chi connectivity index (χ0v) is 17.8. The lowest BCUT2D eigenvalue weighted by atomic mass is 10.0. The van der Waals surface area contributed by atoms with Crippen molar-refractivity contribution in [2.24, 2.45) is 0 Å². The summed E-state index contributed by atoms with van der Waals surface area (Å²) in [6, 6.07) is 24.5. The van der Waals surface area contributed by atoms with E-state index in [4.69, 9.17) is 12.2 Å². The molecule has 4 aromatic rings. The van der Waals surface area contributed by atoms with Crippen molar-refractivity contribution < 1.29 is 4.39 Å². The van der Waals surface area contributed by atoms with Gasteiger partial charge in [-0.1, -0.05) is 30.3 Å². The van der Waals surface area contributed by atoms with Gasteiger partial charge in [-0.15, -0.1) is 0 Å². The van der Waals surface area contributed by atoms with Gasteiger partial charge in [0.15, 0.2) is 5.11 Å². The first kappa shape index (κ1) is 19.5. The molecule has 2 atom stereocenters. The lowest BCUT2D eigenvalue weighted by Crippen LogP contribution is -2.30. The van der Waals surface area contributed by atoms with E-state index >= 15 is 0 Å². The van der Waals surface area contributed by atoms with Gasteiger partial charge in [0, 0.05) is 23.8 Å². The third-order valence-electron chi connectivity index (χ3n) is 5.57. The van der Waals surface area contributed by atoms with Crippen molar-refractivity contribution in [1.29, 1.82) is 0 Å². The maximum absolute atomic E-state index is 14.7. The van der Waals surface area contributed by atoms with Crippen LogP contribution in [-0.4, -0.2) is 14.7 Å². The highest BCUT2D eigenvalue weighted by atomic mass is 32.1. The molecular weight excluding hydrogens is 407 g/mol. The molecule has 1 fully saturated rings. The van der Waals surface area contributed by atoms with Crippen LogP contribution in [0.15, 0.2) is 91.3 Å². The average Bonchev–Trinajstić information content (AvgIpc) is 3.39.